The molecule has 3 aromatic rings. The fourth-order valence-corrected chi connectivity index (χ4v) is 2.71. The lowest BCUT2D eigenvalue weighted by Crippen LogP contribution is -2.12. The number of amides is 1. The third kappa shape index (κ3) is 3.47. The molecule has 1 heterocycles. The number of aryl methyl sites for hydroxylation is 2. The Morgan fingerprint density at radius 1 is 1.17 bits per heavy atom. The average Bonchev–Trinajstić information content (AvgIpc) is 2.83. The summed E-state index contributed by atoms with van der Waals surface area (Å²) in [5, 5.41) is 3.75. The molecule has 1 N–H and O–H groups in total. The fourth-order valence-electron chi connectivity index (χ4n) is 2.39. The lowest BCUT2D eigenvalue weighted by Gasteiger charge is -2.06. The van der Waals surface area contributed by atoms with Crippen LogP contribution in [0.25, 0.3) is 11.1 Å². The van der Waals surface area contributed by atoms with Crippen LogP contribution in [0.4, 0.5) is 5.69 Å². The van der Waals surface area contributed by atoms with Crippen molar-refractivity contribution in [1.82, 2.24) is 4.57 Å². The molecule has 0 unspecified atom stereocenters. The number of nitrogens with one attached hydrogen (secondary N) is 1. The Morgan fingerprint density at radius 3 is 2.71 bits per heavy atom. The van der Waals surface area contributed by atoms with E-state index in [4.69, 9.17) is 27.6 Å². The van der Waals surface area contributed by atoms with Gasteiger partial charge in [0.15, 0.2) is 5.58 Å². The summed E-state index contributed by atoms with van der Waals surface area (Å²) in [7, 11) is 1.63. The first-order chi connectivity index (χ1) is 11.4. The monoisotopic (exact) mass is 364 g/mol. The third-order valence-electron chi connectivity index (χ3n) is 3.70. The summed E-state index contributed by atoms with van der Waals surface area (Å²) in [6.07, 6.45) is 0.847. The van der Waals surface area contributed by atoms with Gasteiger partial charge in [-0.05, 0) is 36.2 Å². The van der Waals surface area contributed by atoms with E-state index in [1.165, 1.54) is 4.57 Å². The maximum Gasteiger partial charge on any atom is 0.419 e. The van der Waals surface area contributed by atoms with Crippen molar-refractivity contribution >= 4 is 45.9 Å². The molecule has 0 spiro atoms. The molecular formula is C17H14Cl2N2O3. The molecule has 24 heavy (non-hydrogen) atoms. The first kappa shape index (κ1) is 16.6. The highest BCUT2D eigenvalue weighted by molar-refractivity contribution is 6.42. The molecule has 1 amide bonds. The minimum atomic E-state index is -0.437. The lowest BCUT2D eigenvalue weighted by molar-refractivity contribution is -0.116. The van der Waals surface area contributed by atoms with Crippen molar-refractivity contribution in [2.24, 2.45) is 7.05 Å². The molecule has 0 radical (unpaired) electrons. The minimum Gasteiger partial charge on any atom is -0.408 e. The number of hydrogen-bond donors (Lipinski definition) is 1. The fraction of sp³-hybridized carbons (Fsp3) is 0.176. The van der Waals surface area contributed by atoms with E-state index >= 15 is 0 Å². The van der Waals surface area contributed by atoms with Crippen molar-refractivity contribution in [3.05, 3.63) is 62.6 Å². The number of halogens is 2. The summed E-state index contributed by atoms with van der Waals surface area (Å²) in [4.78, 5) is 23.5. The Morgan fingerprint density at radius 2 is 1.96 bits per heavy atom. The number of rotatable bonds is 4. The molecule has 2 aromatic carbocycles. The topological polar surface area (TPSA) is 64.2 Å². The van der Waals surface area contributed by atoms with Crippen LogP contribution in [-0.4, -0.2) is 10.5 Å². The predicted molar refractivity (Wildman–Crippen MR) is 94.9 cm³/mol. The SMILES string of the molecule is Cn1c(=O)oc2cc(NC(=O)CCc3ccc(Cl)c(Cl)c3)ccc21. The second-order valence-electron chi connectivity index (χ2n) is 5.41. The Balaban J connectivity index is 1.66. The minimum absolute atomic E-state index is 0.140. The van der Waals surface area contributed by atoms with Gasteiger partial charge in [0.2, 0.25) is 5.91 Å². The van der Waals surface area contributed by atoms with E-state index in [1.807, 2.05) is 6.07 Å². The molecule has 0 aliphatic carbocycles. The number of nitrogens with zero attached hydrogens (tertiary/aromatic N) is 1. The van der Waals surface area contributed by atoms with Crippen LogP contribution < -0.4 is 11.1 Å². The second kappa shape index (κ2) is 6.71. The van der Waals surface area contributed by atoms with Crippen molar-refractivity contribution in [2.45, 2.75) is 12.8 Å². The summed E-state index contributed by atoms with van der Waals surface area (Å²) >= 11 is 11.8. The van der Waals surface area contributed by atoms with Gasteiger partial charge in [0.25, 0.3) is 0 Å². The summed E-state index contributed by atoms with van der Waals surface area (Å²) in [6, 6.07) is 10.4. The molecule has 0 bridgehead atoms. The number of anilines is 1. The van der Waals surface area contributed by atoms with E-state index < -0.39 is 5.76 Å². The van der Waals surface area contributed by atoms with Crippen molar-refractivity contribution in [2.75, 3.05) is 5.32 Å². The van der Waals surface area contributed by atoms with E-state index in [0.717, 1.165) is 5.56 Å². The molecule has 0 saturated carbocycles. The van der Waals surface area contributed by atoms with Gasteiger partial charge < -0.3 is 9.73 Å². The van der Waals surface area contributed by atoms with Gasteiger partial charge in [-0.3, -0.25) is 9.36 Å². The van der Waals surface area contributed by atoms with Crippen LogP contribution in [0.5, 0.6) is 0 Å². The van der Waals surface area contributed by atoms with Crippen molar-refractivity contribution in [3.63, 3.8) is 0 Å². The third-order valence-corrected chi connectivity index (χ3v) is 4.44. The normalized spacial score (nSPS) is 11.0. The van der Waals surface area contributed by atoms with Crippen LogP contribution >= 0.6 is 23.2 Å². The van der Waals surface area contributed by atoms with Gasteiger partial charge in [-0.15, -0.1) is 0 Å². The van der Waals surface area contributed by atoms with Crippen LogP contribution in [-0.2, 0) is 18.3 Å². The summed E-state index contributed by atoms with van der Waals surface area (Å²) in [6.45, 7) is 0. The number of fused-ring (bicyclic) bond motifs is 1. The number of aromatic nitrogens is 1. The zero-order valence-corrected chi connectivity index (χ0v) is 14.3. The summed E-state index contributed by atoms with van der Waals surface area (Å²) < 4.78 is 6.51. The largest absolute Gasteiger partial charge is 0.419 e. The zero-order valence-electron chi connectivity index (χ0n) is 12.8. The molecule has 0 atom stereocenters. The molecule has 124 valence electrons. The molecule has 0 aliphatic rings. The van der Waals surface area contributed by atoms with Gasteiger partial charge in [0.1, 0.15) is 0 Å². The van der Waals surface area contributed by atoms with Gasteiger partial charge in [0, 0.05) is 25.2 Å². The van der Waals surface area contributed by atoms with Crippen LogP contribution in [0.3, 0.4) is 0 Å². The second-order valence-corrected chi connectivity index (χ2v) is 6.22. The van der Waals surface area contributed by atoms with Crippen LogP contribution in [0, 0.1) is 0 Å². The molecule has 0 aliphatic heterocycles. The van der Waals surface area contributed by atoms with E-state index in [0.29, 0.717) is 39.7 Å². The van der Waals surface area contributed by atoms with E-state index in [1.54, 1.807) is 37.4 Å². The molecule has 0 fully saturated rings. The van der Waals surface area contributed by atoms with Gasteiger partial charge in [-0.1, -0.05) is 29.3 Å². The Labute approximate surface area is 147 Å². The summed E-state index contributed by atoms with van der Waals surface area (Å²) in [5.41, 5.74) is 2.62. The first-order valence-corrected chi connectivity index (χ1v) is 8.03. The molecule has 0 saturated heterocycles. The van der Waals surface area contributed by atoms with Gasteiger partial charge in [-0.2, -0.15) is 0 Å². The maximum absolute atomic E-state index is 12.1. The first-order valence-electron chi connectivity index (χ1n) is 7.27. The molecule has 5 nitrogen and oxygen atoms in total. The Bertz CT molecular complexity index is 976. The van der Waals surface area contributed by atoms with Crippen LogP contribution in [0.2, 0.25) is 10.0 Å². The van der Waals surface area contributed by atoms with Crippen LogP contribution in [0.1, 0.15) is 12.0 Å². The van der Waals surface area contributed by atoms with Gasteiger partial charge >= 0.3 is 5.76 Å². The van der Waals surface area contributed by atoms with Crippen molar-refractivity contribution in [1.29, 1.82) is 0 Å². The highest BCUT2D eigenvalue weighted by Crippen LogP contribution is 2.23. The maximum atomic E-state index is 12.1. The van der Waals surface area contributed by atoms with E-state index in [2.05, 4.69) is 5.32 Å². The van der Waals surface area contributed by atoms with Gasteiger partial charge in [0.05, 0.1) is 15.6 Å². The van der Waals surface area contributed by atoms with E-state index in [-0.39, 0.29) is 5.91 Å². The standard InChI is InChI=1S/C17H14Cl2N2O3/c1-21-14-6-4-11(9-15(14)24-17(21)23)20-16(22)7-3-10-2-5-12(18)13(19)8-10/h2,4-6,8-9H,3,7H2,1H3,(H,20,22). The number of benzene rings is 2. The van der Waals surface area contributed by atoms with E-state index in [9.17, 15) is 9.59 Å². The quantitative estimate of drug-likeness (QED) is 0.760. The smallest absolute Gasteiger partial charge is 0.408 e. The number of hydrogen-bond acceptors (Lipinski definition) is 3. The average molecular weight is 365 g/mol. The predicted octanol–water partition coefficient (Wildman–Crippen LogP) is 4.01. The Hall–Kier alpha value is -2.24. The van der Waals surface area contributed by atoms with Gasteiger partial charge in [-0.25, -0.2) is 4.79 Å². The van der Waals surface area contributed by atoms with Crippen LogP contribution in [0.15, 0.2) is 45.6 Å². The molecule has 3 rings (SSSR count). The highest BCUT2D eigenvalue weighted by Gasteiger charge is 2.09. The number of carbonyl (C=O) groups is 1. The molecule has 1 aromatic heterocycles. The Kier molecular flexibility index (Phi) is 4.64. The highest BCUT2D eigenvalue weighted by atomic mass is 35.5. The van der Waals surface area contributed by atoms with Crippen molar-refractivity contribution < 1.29 is 9.21 Å². The summed E-state index contributed by atoms with van der Waals surface area (Å²) in [5.74, 6) is -0.577. The number of oxazole rings is 1. The van der Waals surface area contributed by atoms with Crippen molar-refractivity contribution in [3.8, 4) is 0 Å². The lowest BCUT2D eigenvalue weighted by atomic mass is 10.1. The number of carbonyl (C=O) groups excluding carboxylic acids is 1. The zero-order chi connectivity index (χ0) is 17.3. The molecule has 7 heteroatoms. The molecular weight excluding hydrogens is 351 g/mol.